The molecule has 6 rings (SSSR count). The molecule has 0 aliphatic heterocycles. The Bertz CT molecular complexity index is 1500. The molecule has 1 aromatic carbocycles. The van der Waals surface area contributed by atoms with Gasteiger partial charge in [0.1, 0.15) is 16.9 Å². The van der Waals surface area contributed by atoms with Crippen molar-refractivity contribution in [3.63, 3.8) is 0 Å². The second-order valence-corrected chi connectivity index (χ2v) is 9.86. The maximum Gasteiger partial charge on any atom is 0.271 e. The Kier molecular flexibility index (Phi) is 5.48. The number of pyridine rings is 1. The normalized spacial score (nSPS) is 15.3. The Labute approximate surface area is 213 Å². The van der Waals surface area contributed by atoms with Crippen LogP contribution >= 0.6 is 12.2 Å². The molecule has 184 valence electrons. The maximum atomic E-state index is 13.8. The van der Waals surface area contributed by atoms with Gasteiger partial charge in [0.2, 0.25) is 0 Å². The van der Waals surface area contributed by atoms with Crippen LogP contribution in [0.2, 0.25) is 0 Å². The molecule has 2 amide bonds. The van der Waals surface area contributed by atoms with Crippen LogP contribution < -0.4 is 10.6 Å². The van der Waals surface area contributed by atoms with E-state index in [1.807, 2.05) is 24.5 Å². The molecule has 0 bridgehead atoms. The van der Waals surface area contributed by atoms with Gasteiger partial charge in [0.05, 0.1) is 11.8 Å². The topological polar surface area (TPSA) is 108 Å². The molecule has 2 aliphatic rings. The number of amides is 2. The van der Waals surface area contributed by atoms with Crippen molar-refractivity contribution in [1.82, 2.24) is 29.7 Å². The predicted octanol–water partition coefficient (Wildman–Crippen LogP) is 4.13. The number of aryl methyl sites for hydroxylation is 2. The summed E-state index contributed by atoms with van der Waals surface area (Å²) in [6, 6.07) is 9.58. The highest BCUT2D eigenvalue weighted by molar-refractivity contribution is 7.80. The van der Waals surface area contributed by atoms with Crippen LogP contribution in [0, 0.1) is 6.92 Å². The first-order valence-electron chi connectivity index (χ1n) is 12.3. The molecule has 0 radical (unpaired) electrons. The summed E-state index contributed by atoms with van der Waals surface area (Å²) in [6.45, 7) is 4.60. The van der Waals surface area contributed by atoms with Crippen LogP contribution in [0.1, 0.15) is 59.0 Å². The summed E-state index contributed by atoms with van der Waals surface area (Å²) in [5.74, 6) is 0.197. The third kappa shape index (κ3) is 3.81. The molecule has 3 heterocycles. The number of anilines is 1. The molecule has 9 nitrogen and oxygen atoms in total. The van der Waals surface area contributed by atoms with E-state index < -0.39 is 0 Å². The van der Waals surface area contributed by atoms with E-state index in [-0.39, 0.29) is 16.9 Å². The van der Waals surface area contributed by atoms with Crippen molar-refractivity contribution in [1.29, 1.82) is 0 Å². The second kappa shape index (κ2) is 8.70. The van der Waals surface area contributed by atoms with Gasteiger partial charge in [0.25, 0.3) is 11.8 Å². The van der Waals surface area contributed by atoms with Crippen LogP contribution in [0.15, 0.2) is 36.7 Å². The molecular weight excluding hydrogens is 474 g/mol. The van der Waals surface area contributed by atoms with E-state index >= 15 is 0 Å². The number of hydrogen-bond donors (Lipinski definition) is 3. The third-order valence-electron chi connectivity index (χ3n) is 6.94. The molecule has 2 fully saturated rings. The first-order valence-corrected chi connectivity index (χ1v) is 12.7. The summed E-state index contributed by atoms with van der Waals surface area (Å²) in [4.78, 5) is 41.1. The number of carbonyl (C=O) groups is 2. The quantitative estimate of drug-likeness (QED) is 0.343. The van der Waals surface area contributed by atoms with Gasteiger partial charge in [-0.15, -0.1) is 0 Å². The standard InChI is InChI=1S/C26H27N7O2S/c1-3-32-21(25(35)33(16-9-10-16)17-11-12-17)14(2)18-19-20(28-13-27-19)22(29-23(18)32)30-26(36)31-24(34)15-7-5-4-6-8-15/h4-8,13,16-17H,3,9-12H2,1-2H3,(H,27,28)(H2,29,30,31,34,36). The summed E-state index contributed by atoms with van der Waals surface area (Å²) in [6.07, 6.45) is 5.93. The highest BCUT2D eigenvalue weighted by Crippen LogP contribution is 2.40. The highest BCUT2D eigenvalue weighted by atomic mass is 32.1. The Morgan fingerprint density at radius 1 is 1.17 bits per heavy atom. The fourth-order valence-electron chi connectivity index (χ4n) is 5.00. The molecule has 0 unspecified atom stereocenters. The fraction of sp³-hybridized carbons (Fsp3) is 0.346. The van der Waals surface area contributed by atoms with Crippen molar-refractivity contribution in [3.05, 3.63) is 53.5 Å². The molecule has 10 heteroatoms. The van der Waals surface area contributed by atoms with Gasteiger partial charge < -0.3 is 19.8 Å². The van der Waals surface area contributed by atoms with Crippen molar-refractivity contribution in [3.8, 4) is 0 Å². The number of thiocarbonyl (C=S) groups is 1. The van der Waals surface area contributed by atoms with Gasteiger partial charge >= 0.3 is 0 Å². The van der Waals surface area contributed by atoms with Crippen LogP contribution in [0.3, 0.4) is 0 Å². The number of H-pyrrole nitrogens is 1. The lowest BCUT2D eigenvalue weighted by atomic mass is 10.1. The van der Waals surface area contributed by atoms with Gasteiger partial charge in [-0.3, -0.25) is 14.9 Å². The minimum absolute atomic E-state index is 0.0881. The number of nitrogens with zero attached hydrogens (tertiary/aromatic N) is 4. The van der Waals surface area contributed by atoms with Crippen LogP contribution in [0.5, 0.6) is 0 Å². The molecule has 3 N–H and O–H groups in total. The number of carbonyl (C=O) groups excluding carboxylic acids is 2. The van der Waals surface area contributed by atoms with Crippen LogP contribution in [0.25, 0.3) is 22.1 Å². The second-order valence-electron chi connectivity index (χ2n) is 9.45. The zero-order chi connectivity index (χ0) is 25.0. The lowest BCUT2D eigenvalue weighted by Crippen LogP contribution is -2.36. The number of nitrogens with one attached hydrogen (secondary N) is 3. The Balaban J connectivity index is 1.39. The number of benzene rings is 1. The van der Waals surface area contributed by atoms with Gasteiger partial charge in [-0.05, 0) is 69.4 Å². The zero-order valence-electron chi connectivity index (χ0n) is 20.2. The van der Waals surface area contributed by atoms with E-state index in [4.69, 9.17) is 17.2 Å². The SMILES string of the molecule is CCn1c(C(=O)N(C2CC2)C2CC2)c(C)c2c3[nH]cnc3c(NC(=S)NC(=O)c3ccccc3)nc21. The van der Waals surface area contributed by atoms with Gasteiger partial charge in [-0.25, -0.2) is 9.97 Å². The average Bonchev–Trinajstić information content (AvgIpc) is 3.81. The first kappa shape index (κ1) is 22.7. The van der Waals surface area contributed by atoms with Gasteiger partial charge in [-0.2, -0.15) is 0 Å². The van der Waals surface area contributed by atoms with Gasteiger partial charge in [0.15, 0.2) is 10.9 Å². The lowest BCUT2D eigenvalue weighted by molar-refractivity contribution is 0.0718. The molecule has 36 heavy (non-hydrogen) atoms. The Morgan fingerprint density at radius 3 is 2.50 bits per heavy atom. The van der Waals surface area contributed by atoms with Crippen molar-refractivity contribution < 1.29 is 9.59 Å². The van der Waals surface area contributed by atoms with E-state index in [9.17, 15) is 9.59 Å². The van der Waals surface area contributed by atoms with Gasteiger partial charge in [-0.1, -0.05) is 18.2 Å². The maximum absolute atomic E-state index is 13.8. The van der Waals surface area contributed by atoms with Crippen molar-refractivity contribution in [2.75, 3.05) is 5.32 Å². The van der Waals surface area contributed by atoms with Crippen LogP contribution in [-0.2, 0) is 6.54 Å². The first-order chi connectivity index (χ1) is 17.5. The smallest absolute Gasteiger partial charge is 0.271 e. The number of aromatic nitrogens is 4. The van der Waals surface area contributed by atoms with Crippen molar-refractivity contribution in [2.45, 2.75) is 58.2 Å². The number of rotatable bonds is 6. The van der Waals surface area contributed by atoms with E-state index in [0.717, 1.165) is 42.1 Å². The summed E-state index contributed by atoms with van der Waals surface area (Å²) >= 11 is 5.42. The average molecular weight is 502 g/mol. The molecular formula is C26H27N7O2S. The minimum atomic E-state index is -0.312. The predicted molar refractivity (Wildman–Crippen MR) is 142 cm³/mol. The van der Waals surface area contributed by atoms with Crippen LogP contribution in [-0.4, -0.2) is 53.4 Å². The fourth-order valence-corrected chi connectivity index (χ4v) is 5.19. The van der Waals surface area contributed by atoms with E-state index in [2.05, 4.69) is 25.5 Å². The van der Waals surface area contributed by atoms with E-state index in [1.165, 1.54) is 0 Å². The Morgan fingerprint density at radius 2 is 1.86 bits per heavy atom. The lowest BCUT2D eigenvalue weighted by Gasteiger charge is -2.23. The summed E-state index contributed by atoms with van der Waals surface area (Å²) < 4.78 is 1.99. The summed E-state index contributed by atoms with van der Waals surface area (Å²) in [7, 11) is 0. The monoisotopic (exact) mass is 501 g/mol. The zero-order valence-corrected chi connectivity index (χ0v) is 21.0. The number of aromatic amines is 1. The summed E-state index contributed by atoms with van der Waals surface area (Å²) in [5.41, 5.74) is 4.15. The molecule has 0 atom stereocenters. The van der Waals surface area contributed by atoms with Crippen LogP contribution in [0.4, 0.5) is 5.82 Å². The van der Waals surface area contributed by atoms with E-state index in [0.29, 0.717) is 46.9 Å². The number of imidazole rings is 1. The number of hydrogen-bond acceptors (Lipinski definition) is 5. The third-order valence-corrected chi connectivity index (χ3v) is 7.14. The molecule has 2 saturated carbocycles. The minimum Gasteiger partial charge on any atom is -0.344 e. The van der Waals surface area contributed by atoms with E-state index in [1.54, 1.807) is 30.6 Å². The highest BCUT2D eigenvalue weighted by Gasteiger charge is 2.43. The molecule has 2 aliphatic carbocycles. The number of fused-ring (bicyclic) bond motifs is 3. The molecule has 3 aromatic heterocycles. The molecule has 4 aromatic rings. The molecule has 0 saturated heterocycles. The van der Waals surface area contributed by atoms with Crippen molar-refractivity contribution in [2.24, 2.45) is 0 Å². The molecule has 0 spiro atoms. The largest absolute Gasteiger partial charge is 0.344 e. The van der Waals surface area contributed by atoms with Crippen molar-refractivity contribution >= 4 is 57.0 Å². The van der Waals surface area contributed by atoms with Gasteiger partial charge in [0, 0.05) is 29.6 Å². The summed E-state index contributed by atoms with van der Waals surface area (Å²) in [5, 5.41) is 6.75. The Hall–Kier alpha value is -3.79.